The first-order chi connectivity index (χ1) is 8.76. The van der Waals surface area contributed by atoms with Gasteiger partial charge in [-0.25, -0.2) is 0 Å². The van der Waals surface area contributed by atoms with Gasteiger partial charge in [-0.05, 0) is 23.3 Å². The minimum absolute atomic E-state index is 0.0356. The van der Waals surface area contributed by atoms with E-state index in [-0.39, 0.29) is 12.5 Å². The van der Waals surface area contributed by atoms with E-state index in [1.54, 1.807) is 11.0 Å². The van der Waals surface area contributed by atoms with E-state index in [0.717, 1.165) is 13.1 Å². The zero-order valence-corrected chi connectivity index (χ0v) is 10.4. The molecule has 1 aliphatic rings. The smallest absolute Gasteiger partial charge is 0.254 e. The Hall–Kier alpha value is -1.65. The van der Waals surface area contributed by atoms with E-state index in [1.807, 2.05) is 18.2 Å². The van der Waals surface area contributed by atoms with Crippen molar-refractivity contribution in [3.8, 4) is 0 Å². The fraction of sp³-hybridized carbons (Fsp3) is 0.357. The van der Waals surface area contributed by atoms with Crippen LogP contribution in [0.2, 0.25) is 0 Å². The lowest BCUT2D eigenvalue weighted by molar-refractivity contribution is 0.0743. The van der Waals surface area contributed by atoms with Crippen molar-refractivity contribution in [2.75, 3.05) is 19.7 Å². The van der Waals surface area contributed by atoms with Crippen LogP contribution in [0.25, 0.3) is 0 Å². The molecule has 0 bridgehead atoms. The van der Waals surface area contributed by atoms with Crippen molar-refractivity contribution in [3.63, 3.8) is 0 Å². The van der Waals surface area contributed by atoms with Crippen LogP contribution in [0.1, 0.15) is 21.5 Å². The molecular formula is C14H18N2O2. The van der Waals surface area contributed by atoms with Crippen molar-refractivity contribution in [3.05, 3.63) is 47.5 Å². The Morgan fingerprint density at radius 3 is 2.94 bits per heavy atom. The molecule has 1 aromatic rings. The number of hydrogen-bond acceptors (Lipinski definition) is 3. The van der Waals surface area contributed by atoms with Crippen molar-refractivity contribution in [1.29, 1.82) is 0 Å². The van der Waals surface area contributed by atoms with E-state index in [9.17, 15) is 4.79 Å². The summed E-state index contributed by atoms with van der Waals surface area (Å²) < 4.78 is 0. The van der Waals surface area contributed by atoms with E-state index in [1.165, 1.54) is 11.1 Å². The van der Waals surface area contributed by atoms with Crippen molar-refractivity contribution in [1.82, 2.24) is 10.2 Å². The molecule has 1 amide bonds. The van der Waals surface area contributed by atoms with Crippen molar-refractivity contribution in [2.45, 2.75) is 13.1 Å². The molecule has 4 heteroatoms. The first kappa shape index (κ1) is 12.8. The molecule has 1 heterocycles. The fourth-order valence-electron chi connectivity index (χ4n) is 2.16. The maximum atomic E-state index is 12.3. The van der Waals surface area contributed by atoms with Crippen LogP contribution >= 0.6 is 0 Å². The topological polar surface area (TPSA) is 52.6 Å². The molecule has 0 saturated heterocycles. The summed E-state index contributed by atoms with van der Waals surface area (Å²) in [7, 11) is 0. The van der Waals surface area contributed by atoms with Crippen LogP contribution < -0.4 is 5.32 Å². The number of amides is 1. The van der Waals surface area contributed by atoms with Crippen molar-refractivity contribution in [2.24, 2.45) is 0 Å². The number of fused-ring (bicyclic) bond motifs is 1. The predicted molar refractivity (Wildman–Crippen MR) is 70.2 cm³/mol. The highest BCUT2D eigenvalue weighted by Gasteiger charge is 2.17. The number of nitrogens with one attached hydrogen (secondary N) is 1. The van der Waals surface area contributed by atoms with Crippen LogP contribution in [0.5, 0.6) is 0 Å². The number of carbonyl (C=O) groups excluding carboxylic acids is 1. The molecule has 1 aliphatic heterocycles. The molecule has 0 aliphatic carbocycles. The van der Waals surface area contributed by atoms with Gasteiger partial charge in [0.2, 0.25) is 0 Å². The monoisotopic (exact) mass is 246 g/mol. The third kappa shape index (κ3) is 2.60. The number of carbonyl (C=O) groups is 1. The van der Waals surface area contributed by atoms with Gasteiger partial charge in [0.1, 0.15) is 0 Å². The summed E-state index contributed by atoms with van der Waals surface area (Å²) in [6, 6.07) is 5.78. The lowest BCUT2D eigenvalue weighted by Gasteiger charge is -2.20. The summed E-state index contributed by atoms with van der Waals surface area (Å²) in [5.74, 6) is -0.0568. The Balaban J connectivity index is 2.18. The first-order valence-corrected chi connectivity index (χ1v) is 6.10. The average molecular weight is 246 g/mol. The lowest BCUT2D eigenvalue weighted by Crippen LogP contribution is -2.33. The summed E-state index contributed by atoms with van der Waals surface area (Å²) in [5.41, 5.74) is 3.11. The van der Waals surface area contributed by atoms with Gasteiger partial charge in [0.05, 0.1) is 6.61 Å². The summed E-state index contributed by atoms with van der Waals surface area (Å²) in [5, 5.41) is 12.2. The molecule has 0 saturated carbocycles. The molecule has 4 nitrogen and oxygen atoms in total. The molecule has 0 spiro atoms. The molecule has 0 aromatic heterocycles. The molecule has 0 radical (unpaired) electrons. The van der Waals surface area contributed by atoms with Crippen LogP contribution in [0.15, 0.2) is 30.9 Å². The molecule has 0 fully saturated rings. The second-order valence-electron chi connectivity index (χ2n) is 4.35. The maximum Gasteiger partial charge on any atom is 0.254 e. The average Bonchev–Trinajstić information content (AvgIpc) is 2.84. The predicted octanol–water partition coefficient (Wildman–Crippen LogP) is 0.910. The van der Waals surface area contributed by atoms with Crippen molar-refractivity contribution >= 4 is 5.91 Å². The van der Waals surface area contributed by atoms with Crippen LogP contribution in [0.3, 0.4) is 0 Å². The Morgan fingerprint density at radius 1 is 1.44 bits per heavy atom. The summed E-state index contributed by atoms with van der Waals surface area (Å²) in [4.78, 5) is 13.9. The highest BCUT2D eigenvalue weighted by atomic mass is 16.3. The fourth-order valence-corrected chi connectivity index (χ4v) is 2.16. The summed E-state index contributed by atoms with van der Waals surface area (Å²) in [6.07, 6.45) is 1.67. The summed E-state index contributed by atoms with van der Waals surface area (Å²) in [6.45, 7) is 6.07. The molecule has 18 heavy (non-hydrogen) atoms. The van der Waals surface area contributed by atoms with Crippen LogP contribution in [0.4, 0.5) is 0 Å². The zero-order chi connectivity index (χ0) is 13.0. The number of nitrogens with zero attached hydrogens (tertiary/aromatic N) is 1. The Morgan fingerprint density at radius 2 is 2.22 bits per heavy atom. The molecule has 0 atom stereocenters. The highest BCUT2D eigenvalue weighted by Crippen LogP contribution is 2.18. The van der Waals surface area contributed by atoms with E-state index in [4.69, 9.17) is 5.11 Å². The number of aliphatic hydroxyl groups excluding tert-OH is 1. The largest absolute Gasteiger partial charge is 0.395 e. The number of benzene rings is 1. The van der Waals surface area contributed by atoms with E-state index in [2.05, 4.69) is 11.9 Å². The van der Waals surface area contributed by atoms with Gasteiger partial charge in [-0.2, -0.15) is 0 Å². The molecule has 96 valence electrons. The second-order valence-corrected chi connectivity index (χ2v) is 4.35. The van der Waals surface area contributed by atoms with Gasteiger partial charge in [-0.1, -0.05) is 12.1 Å². The van der Waals surface area contributed by atoms with Crippen LogP contribution in [-0.2, 0) is 13.1 Å². The van der Waals surface area contributed by atoms with Gasteiger partial charge in [0, 0.05) is 31.7 Å². The van der Waals surface area contributed by atoms with Crippen molar-refractivity contribution < 1.29 is 9.90 Å². The van der Waals surface area contributed by atoms with Crippen LogP contribution in [0, 0.1) is 0 Å². The quantitative estimate of drug-likeness (QED) is 0.759. The van der Waals surface area contributed by atoms with Gasteiger partial charge < -0.3 is 15.3 Å². The van der Waals surface area contributed by atoms with Crippen LogP contribution in [-0.4, -0.2) is 35.6 Å². The first-order valence-electron chi connectivity index (χ1n) is 6.10. The second kappa shape index (κ2) is 5.80. The molecule has 1 aromatic carbocycles. The number of aliphatic hydroxyl groups is 1. The molecule has 0 unspecified atom stereocenters. The Kier molecular flexibility index (Phi) is 4.12. The van der Waals surface area contributed by atoms with Gasteiger partial charge in [-0.15, -0.1) is 6.58 Å². The standard InChI is InChI=1S/C14H18N2O2/c1-2-5-16(6-7-17)14(18)11-3-4-12-9-15-10-13(12)8-11/h2-4,8,15,17H,1,5-7,9-10H2. The van der Waals surface area contributed by atoms with Gasteiger partial charge in [-0.3, -0.25) is 4.79 Å². The Bertz CT molecular complexity index is 457. The van der Waals surface area contributed by atoms with E-state index in [0.29, 0.717) is 18.7 Å². The van der Waals surface area contributed by atoms with Gasteiger partial charge in [0.15, 0.2) is 0 Å². The normalized spacial score (nSPS) is 13.2. The number of rotatable bonds is 5. The van der Waals surface area contributed by atoms with E-state index >= 15 is 0 Å². The Labute approximate surface area is 107 Å². The minimum atomic E-state index is -0.0568. The van der Waals surface area contributed by atoms with Gasteiger partial charge in [0.25, 0.3) is 5.91 Å². The number of hydrogen-bond donors (Lipinski definition) is 2. The zero-order valence-electron chi connectivity index (χ0n) is 10.4. The highest BCUT2D eigenvalue weighted by molar-refractivity contribution is 5.94. The minimum Gasteiger partial charge on any atom is -0.395 e. The third-order valence-corrected chi connectivity index (χ3v) is 3.09. The lowest BCUT2D eigenvalue weighted by atomic mass is 10.1. The van der Waals surface area contributed by atoms with Gasteiger partial charge >= 0.3 is 0 Å². The SMILES string of the molecule is C=CCN(CCO)C(=O)c1ccc2c(c1)CNC2. The molecule has 2 N–H and O–H groups in total. The van der Waals surface area contributed by atoms with E-state index < -0.39 is 0 Å². The molecular weight excluding hydrogens is 228 g/mol. The molecule has 2 rings (SSSR count). The maximum absolute atomic E-state index is 12.3. The summed E-state index contributed by atoms with van der Waals surface area (Å²) >= 11 is 0. The third-order valence-electron chi connectivity index (χ3n) is 3.09.